The van der Waals surface area contributed by atoms with Crippen molar-refractivity contribution in [1.29, 1.82) is 0 Å². The fraction of sp³-hybridized carbons (Fsp3) is 0.130. The van der Waals surface area contributed by atoms with Gasteiger partial charge in [0.25, 0.3) is 5.91 Å². The van der Waals surface area contributed by atoms with Crippen molar-refractivity contribution in [1.82, 2.24) is 25.2 Å². The largest absolute Gasteiger partial charge is 0.478 e. The molecule has 0 radical (unpaired) electrons. The second-order valence-corrected chi connectivity index (χ2v) is 8.43. The van der Waals surface area contributed by atoms with E-state index in [0.29, 0.717) is 27.4 Å². The van der Waals surface area contributed by atoms with E-state index in [0.717, 1.165) is 0 Å². The Morgan fingerprint density at radius 2 is 1.91 bits per heavy atom. The lowest BCUT2D eigenvalue weighted by Crippen LogP contribution is -2.39. The lowest BCUT2D eigenvalue weighted by Gasteiger charge is -2.22. The Morgan fingerprint density at radius 3 is 2.60 bits per heavy atom. The van der Waals surface area contributed by atoms with Crippen LogP contribution < -0.4 is 5.32 Å². The maximum Gasteiger partial charge on any atom is 0.335 e. The second-order valence-electron chi connectivity index (χ2n) is 7.99. The number of aliphatic hydroxyl groups excluding tert-OH is 1. The average molecular weight is 493 g/mol. The number of amides is 1. The van der Waals surface area contributed by atoms with E-state index in [2.05, 4.69) is 25.8 Å². The SMILES string of the molecule is O=C(O)c1ccc(NC(=O)[C@]2(O)C[C@H](O)c3cc(-c4cc(Cl)ccc4-n4cnnn4)cnc32)cc1. The predicted molar refractivity (Wildman–Crippen MR) is 123 cm³/mol. The Kier molecular flexibility index (Phi) is 5.52. The van der Waals surface area contributed by atoms with E-state index in [1.807, 2.05) is 0 Å². The number of carbonyl (C=O) groups excluding carboxylic acids is 1. The minimum absolute atomic E-state index is 0.0272. The standard InChI is InChI=1S/C23H17ClN6O5/c24-14-3-6-18(30-11-26-28-29-30)16(8-14)13-7-17-19(31)9-23(35,20(17)25-10-13)22(34)27-15-4-1-12(2-5-15)21(32)33/h1-8,10-11,19,31,35H,9H2,(H,27,34)(H,32,33)/t19-,23-/m0/s1. The summed E-state index contributed by atoms with van der Waals surface area (Å²) in [5.74, 6) is -1.90. The topological polar surface area (TPSA) is 163 Å². The van der Waals surface area contributed by atoms with Crippen LogP contribution in [0.5, 0.6) is 0 Å². The molecule has 0 saturated heterocycles. The molecule has 2 heterocycles. The van der Waals surface area contributed by atoms with Crippen LogP contribution in [0.2, 0.25) is 5.02 Å². The van der Waals surface area contributed by atoms with Gasteiger partial charge in [-0.25, -0.2) is 4.79 Å². The van der Waals surface area contributed by atoms with Crippen molar-refractivity contribution >= 4 is 29.2 Å². The van der Waals surface area contributed by atoms with Gasteiger partial charge in [-0.15, -0.1) is 5.10 Å². The van der Waals surface area contributed by atoms with Crippen molar-refractivity contribution in [3.8, 4) is 16.8 Å². The van der Waals surface area contributed by atoms with Crippen LogP contribution in [0.15, 0.2) is 61.1 Å². The summed E-state index contributed by atoms with van der Waals surface area (Å²) in [6, 6.07) is 12.2. The fourth-order valence-electron chi connectivity index (χ4n) is 4.06. The van der Waals surface area contributed by atoms with Gasteiger partial charge in [0.05, 0.1) is 23.0 Å². The van der Waals surface area contributed by atoms with Gasteiger partial charge in [-0.2, -0.15) is 4.68 Å². The number of hydrogen-bond donors (Lipinski definition) is 4. The molecule has 0 unspecified atom stereocenters. The third kappa shape index (κ3) is 4.01. The summed E-state index contributed by atoms with van der Waals surface area (Å²) in [6.45, 7) is 0. The van der Waals surface area contributed by atoms with Crippen LogP contribution >= 0.6 is 11.6 Å². The molecule has 35 heavy (non-hydrogen) atoms. The Labute approximate surface area is 202 Å². The van der Waals surface area contributed by atoms with Gasteiger partial charge in [0.1, 0.15) is 6.33 Å². The first-order valence-corrected chi connectivity index (χ1v) is 10.7. The molecule has 1 aliphatic rings. The van der Waals surface area contributed by atoms with Crippen molar-refractivity contribution in [2.75, 3.05) is 5.32 Å². The highest BCUT2D eigenvalue weighted by Crippen LogP contribution is 2.44. The lowest BCUT2D eigenvalue weighted by molar-refractivity contribution is -0.137. The van der Waals surface area contributed by atoms with Gasteiger partial charge >= 0.3 is 5.97 Å². The molecular formula is C23H17ClN6O5. The number of rotatable bonds is 5. The first-order valence-electron chi connectivity index (χ1n) is 10.4. The molecule has 4 N–H and O–H groups in total. The highest BCUT2D eigenvalue weighted by molar-refractivity contribution is 6.31. The molecule has 0 fully saturated rings. The number of aliphatic hydroxyl groups is 2. The number of fused-ring (bicyclic) bond motifs is 1. The van der Waals surface area contributed by atoms with E-state index >= 15 is 0 Å². The number of halogens is 1. The maximum absolute atomic E-state index is 13.0. The molecular weight excluding hydrogens is 476 g/mol. The predicted octanol–water partition coefficient (Wildman–Crippen LogP) is 2.34. The zero-order valence-corrected chi connectivity index (χ0v) is 18.6. The molecule has 4 aromatic rings. The number of aromatic nitrogens is 5. The van der Waals surface area contributed by atoms with Crippen LogP contribution in [0.4, 0.5) is 5.69 Å². The van der Waals surface area contributed by atoms with Gasteiger partial charge in [-0.1, -0.05) is 11.6 Å². The highest BCUT2D eigenvalue weighted by Gasteiger charge is 2.49. The molecule has 5 rings (SSSR count). The van der Waals surface area contributed by atoms with E-state index in [-0.39, 0.29) is 23.4 Å². The number of carbonyl (C=O) groups is 2. The summed E-state index contributed by atoms with van der Waals surface area (Å²) < 4.78 is 1.45. The van der Waals surface area contributed by atoms with Gasteiger partial charge in [-0.05, 0) is 59.0 Å². The van der Waals surface area contributed by atoms with E-state index < -0.39 is 23.6 Å². The summed E-state index contributed by atoms with van der Waals surface area (Å²) in [6.07, 6.45) is 1.44. The van der Waals surface area contributed by atoms with Crippen LogP contribution in [0.1, 0.15) is 34.1 Å². The number of carboxylic acid groups (broad SMARTS) is 1. The molecule has 0 bridgehead atoms. The molecule has 2 atom stereocenters. The summed E-state index contributed by atoms with van der Waals surface area (Å²) in [5, 5.41) is 45.2. The van der Waals surface area contributed by atoms with Crippen molar-refractivity contribution in [2.45, 2.75) is 18.1 Å². The van der Waals surface area contributed by atoms with Crippen LogP contribution in [0.25, 0.3) is 16.8 Å². The Bertz CT molecular complexity index is 1440. The van der Waals surface area contributed by atoms with Crippen LogP contribution in [0, 0.1) is 0 Å². The third-order valence-corrected chi connectivity index (χ3v) is 6.02. The van der Waals surface area contributed by atoms with E-state index in [1.165, 1.54) is 41.5 Å². The Hall–Kier alpha value is -4.19. The molecule has 0 spiro atoms. The number of nitrogens with zero attached hydrogens (tertiary/aromatic N) is 5. The first kappa shape index (κ1) is 22.6. The molecule has 11 nitrogen and oxygen atoms in total. The lowest BCUT2D eigenvalue weighted by atomic mass is 9.98. The Balaban J connectivity index is 1.49. The molecule has 12 heteroatoms. The van der Waals surface area contributed by atoms with E-state index in [4.69, 9.17) is 16.7 Å². The van der Waals surface area contributed by atoms with Gasteiger partial charge in [-0.3, -0.25) is 9.78 Å². The van der Waals surface area contributed by atoms with Crippen molar-refractivity contribution in [3.05, 3.63) is 82.9 Å². The fourth-order valence-corrected chi connectivity index (χ4v) is 4.23. The number of benzene rings is 2. The van der Waals surface area contributed by atoms with Gasteiger partial charge in [0.2, 0.25) is 0 Å². The number of anilines is 1. The minimum Gasteiger partial charge on any atom is -0.478 e. The molecule has 2 aromatic carbocycles. The van der Waals surface area contributed by atoms with E-state index in [9.17, 15) is 19.8 Å². The number of aromatic carboxylic acids is 1. The molecule has 1 aliphatic carbocycles. The summed E-state index contributed by atoms with van der Waals surface area (Å²) in [4.78, 5) is 28.4. The molecule has 2 aromatic heterocycles. The minimum atomic E-state index is -2.09. The molecule has 176 valence electrons. The molecule has 0 aliphatic heterocycles. The van der Waals surface area contributed by atoms with Crippen LogP contribution in [0.3, 0.4) is 0 Å². The third-order valence-electron chi connectivity index (χ3n) is 5.79. The zero-order chi connectivity index (χ0) is 24.7. The number of pyridine rings is 1. The summed E-state index contributed by atoms with van der Waals surface area (Å²) in [5.41, 5.74) is 0.397. The number of hydrogen-bond acceptors (Lipinski definition) is 8. The Morgan fingerprint density at radius 1 is 1.14 bits per heavy atom. The zero-order valence-electron chi connectivity index (χ0n) is 17.8. The van der Waals surface area contributed by atoms with Crippen molar-refractivity contribution < 1.29 is 24.9 Å². The van der Waals surface area contributed by atoms with Gasteiger partial charge < -0.3 is 20.6 Å². The number of nitrogens with one attached hydrogen (secondary N) is 1. The quantitative estimate of drug-likeness (QED) is 0.327. The summed E-state index contributed by atoms with van der Waals surface area (Å²) >= 11 is 6.21. The molecule has 1 amide bonds. The van der Waals surface area contributed by atoms with Gasteiger partial charge in [0, 0.05) is 40.0 Å². The van der Waals surface area contributed by atoms with Crippen molar-refractivity contribution in [3.63, 3.8) is 0 Å². The second kappa shape index (κ2) is 8.55. The van der Waals surface area contributed by atoms with E-state index in [1.54, 1.807) is 24.3 Å². The number of carboxylic acids is 1. The van der Waals surface area contributed by atoms with Crippen LogP contribution in [-0.2, 0) is 10.4 Å². The maximum atomic E-state index is 13.0. The first-order chi connectivity index (χ1) is 16.8. The monoisotopic (exact) mass is 492 g/mol. The number of tetrazole rings is 1. The van der Waals surface area contributed by atoms with Gasteiger partial charge in [0.15, 0.2) is 5.60 Å². The average Bonchev–Trinajstić information content (AvgIpc) is 3.46. The molecule has 0 saturated carbocycles. The van der Waals surface area contributed by atoms with Crippen LogP contribution in [-0.4, -0.2) is 52.4 Å². The normalized spacial score (nSPS) is 18.8. The summed E-state index contributed by atoms with van der Waals surface area (Å²) in [7, 11) is 0. The van der Waals surface area contributed by atoms with Crippen molar-refractivity contribution in [2.24, 2.45) is 0 Å². The smallest absolute Gasteiger partial charge is 0.335 e. The highest BCUT2D eigenvalue weighted by atomic mass is 35.5.